The van der Waals surface area contributed by atoms with Crippen LogP contribution in [-0.4, -0.2) is 5.25 Å². The van der Waals surface area contributed by atoms with Gasteiger partial charge in [0.2, 0.25) is 0 Å². The molecule has 0 saturated heterocycles. The predicted molar refractivity (Wildman–Crippen MR) is 26.3 cm³/mol. The van der Waals surface area contributed by atoms with Gasteiger partial charge in [0.15, 0.2) is 0 Å². The molecule has 32 valence electrons. The molecular formula is C4H5OS+. The molecule has 0 radical (unpaired) electrons. The third-order valence-electron chi connectivity index (χ3n) is 0.379. The monoisotopic (exact) mass is 101 g/mol. The first-order valence-electron chi connectivity index (χ1n) is 1.56. The molecule has 1 nitrogen and oxygen atoms in total. The second kappa shape index (κ2) is 2.80. The summed E-state index contributed by atoms with van der Waals surface area (Å²) in [5.74, 6) is 2.27. The van der Waals surface area contributed by atoms with Crippen molar-refractivity contribution in [2.45, 2.75) is 12.2 Å². The van der Waals surface area contributed by atoms with Gasteiger partial charge in [-0.3, -0.25) is 0 Å². The Kier molecular flexibility index (Phi) is 2.60. The zero-order valence-electron chi connectivity index (χ0n) is 3.47. The molecule has 1 atom stereocenters. The average molecular weight is 101 g/mol. The Morgan fingerprint density at radius 3 is 2.50 bits per heavy atom. The van der Waals surface area contributed by atoms with E-state index in [1.54, 1.807) is 6.92 Å². The third kappa shape index (κ3) is 1.86. The molecule has 0 aliphatic heterocycles. The Labute approximate surface area is 41.2 Å². The van der Waals surface area contributed by atoms with E-state index in [1.807, 2.05) is 0 Å². The van der Waals surface area contributed by atoms with Gasteiger partial charge in [0, 0.05) is 11.1 Å². The van der Waals surface area contributed by atoms with Crippen molar-refractivity contribution in [3.8, 4) is 12.3 Å². The second-order valence-electron chi connectivity index (χ2n) is 0.905. The van der Waals surface area contributed by atoms with Crippen LogP contribution < -0.4 is 0 Å². The summed E-state index contributed by atoms with van der Waals surface area (Å²) in [4.78, 5) is 0. The molecule has 2 heteroatoms. The Balaban J connectivity index is 3.30. The summed E-state index contributed by atoms with van der Waals surface area (Å²) in [6, 6.07) is 0. The van der Waals surface area contributed by atoms with Crippen LogP contribution >= 0.6 is 0 Å². The first-order valence-corrected chi connectivity index (χ1v) is 2.36. The highest BCUT2D eigenvalue weighted by atomic mass is 32.1. The molecule has 0 rings (SSSR count). The van der Waals surface area contributed by atoms with Crippen LogP contribution in [0.2, 0.25) is 0 Å². The van der Waals surface area contributed by atoms with Gasteiger partial charge in [-0.15, -0.1) is 6.42 Å². The minimum atomic E-state index is -0.176. The summed E-state index contributed by atoms with van der Waals surface area (Å²) < 4.78 is 9.64. The van der Waals surface area contributed by atoms with E-state index in [-0.39, 0.29) is 5.25 Å². The largest absolute Gasteiger partial charge is 0.475 e. The summed E-state index contributed by atoms with van der Waals surface area (Å²) in [5.41, 5.74) is 0. The highest BCUT2D eigenvalue weighted by Crippen LogP contribution is 1.74. The van der Waals surface area contributed by atoms with Crippen molar-refractivity contribution in [2.75, 3.05) is 0 Å². The van der Waals surface area contributed by atoms with E-state index >= 15 is 0 Å². The standard InChI is InChI=1S/C4H5OS/c1-3-4(2)6-5/h1,4H,2H3/q+1. The van der Waals surface area contributed by atoms with Crippen LogP contribution in [0.3, 0.4) is 0 Å². The summed E-state index contributed by atoms with van der Waals surface area (Å²) in [6.45, 7) is 1.69. The van der Waals surface area contributed by atoms with Crippen LogP contribution in [0.1, 0.15) is 6.92 Å². The fraction of sp³-hybridized carbons (Fsp3) is 0.500. The SMILES string of the molecule is C#CC(C)[S+]=O. The minimum absolute atomic E-state index is 0.176. The first-order chi connectivity index (χ1) is 2.81. The second-order valence-corrected chi connectivity index (χ2v) is 1.80. The number of rotatable bonds is 1. The molecule has 0 bridgehead atoms. The fourth-order valence-electron chi connectivity index (χ4n) is 0.0278. The summed E-state index contributed by atoms with van der Waals surface area (Å²) in [5, 5.41) is -0.176. The Hall–Kier alpha value is -0.420. The predicted octanol–water partition coefficient (Wildman–Crippen LogP) is 0.436. The number of terminal acetylenes is 1. The molecule has 0 amide bonds. The van der Waals surface area contributed by atoms with Gasteiger partial charge < -0.3 is 0 Å². The lowest BCUT2D eigenvalue weighted by Gasteiger charge is -1.62. The van der Waals surface area contributed by atoms with E-state index < -0.39 is 0 Å². The Morgan fingerprint density at radius 2 is 2.50 bits per heavy atom. The lowest BCUT2D eigenvalue weighted by atomic mass is 10.5. The van der Waals surface area contributed by atoms with Crippen molar-refractivity contribution in [1.29, 1.82) is 0 Å². The maximum absolute atomic E-state index is 9.64. The molecule has 0 aromatic rings. The quantitative estimate of drug-likeness (QED) is 0.346. The van der Waals surface area contributed by atoms with Gasteiger partial charge in [-0.1, -0.05) is 0 Å². The zero-order chi connectivity index (χ0) is 4.99. The van der Waals surface area contributed by atoms with Crippen molar-refractivity contribution in [3.63, 3.8) is 0 Å². The molecule has 6 heavy (non-hydrogen) atoms. The van der Waals surface area contributed by atoms with E-state index in [2.05, 4.69) is 5.92 Å². The lowest BCUT2D eigenvalue weighted by molar-refractivity contribution is 0.603. The van der Waals surface area contributed by atoms with Crippen molar-refractivity contribution < 1.29 is 4.21 Å². The van der Waals surface area contributed by atoms with E-state index in [1.165, 1.54) is 0 Å². The van der Waals surface area contributed by atoms with E-state index in [9.17, 15) is 4.21 Å². The molecule has 0 aromatic heterocycles. The van der Waals surface area contributed by atoms with Gasteiger partial charge in [0.05, 0.1) is 0 Å². The summed E-state index contributed by atoms with van der Waals surface area (Å²) in [7, 11) is 0. The van der Waals surface area contributed by atoms with E-state index in [4.69, 9.17) is 6.42 Å². The van der Waals surface area contributed by atoms with Gasteiger partial charge in [-0.25, -0.2) is 0 Å². The minimum Gasteiger partial charge on any atom is -0.114 e. The van der Waals surface area contributed by atoms with Crippen molar-refractivity contribution in [3.05, 3.63) is 0 Å². The number of hydrogen-bond donors (Lipinski definition) is 0. The maximum Gasteiger partial charge on any atom is 0.475 e. The third-order valence-corrected chi connectivity index (χ3v) is 0.804. The highest BCUT2D eigenvalue weighted by molar-refractivity contribution is 7.66. The van der Waals surface area contributed by atoms with Crippen LogP contribution in [-0.2, 0) is 15.9 Å². The van der Waals surface area contributed by atoms with Gasteiger partial charge >= 0.3 is 11.7 Å². The summed E-state index contributed by atoms with van der Waals surface area (Å²) in [6.07, 6.45) is 4.81. The van der Waals surface area contributed by atoms with Gasteiger partial charge in [-0.05, 0) is 5.92 Å². The molecule has 0 aromatic carbocycles. The fourth-order valence-corrected chi connectivity index (χ4v) is 0.0833. The molecule has 1 unspecified atom stereocenters. The Bertz CT molecular complexity index is 82.0. The van der Waals surface area contributed by atoms with Crippen LogP contribution in [0.25, 0.3) is 0 Å². The Morgan fingerprint density at radius 1 is 2.00 bits per heavy atom. The summed E-state index contributed by atoms with van der Waals surface area (Å²) >= 11 is 0.439. The van der Waals surface area contributed by atoms with Crippen LogP contribution in [0.4, 0.5) is 0 Å². The number of hydrogen-bond acceptors (Lipinski definition) is 1. The molecule has 0 aliphatic carbocycles. The van der Waals surface area contributed by atoms with Crippen LogP contribution in [0.5, 0.6) is 0 Å². The van der Waals surface area contributed by atoms with Crippen LogP contribution in [0, 0.1) is 12.3 Å². The van der Waals surface area contributed by atoms with E-state index in [0.717, 1.165) is 0 Å². The molecule has 0 N–H and O–H groups in total. The highest BCUT2D eigenvalue weighted by Gasteiger charge is 2.05. The van der Waals surface area contributed by atoms with Crippen molar-refractivity contribution in [2.24, 2.45) is 0 Å². The van der Waals surface area contributed by atoms with Gasteiger partial charge in [0.1, 0.15) is 0 Å². The van der Waals surface area contributed by atoms with Crippen LogP contribution in [0.15, 0.2) is 0 Å². The molecule has 0 fully saturated rings. The lowest BCUT2D eigenvalue weighted by Crippen LogP contribution is -1.90. The normalized spacial score (nSPS) is 12.0. The van der Waals surface area contributed by atoms with Crippen molar-refractivity contribution in [1.82, 2.24) is 0 Å². The molecule has 0 heterocycles. The maximum atomic E-state index is 9.64. The molecular weight excluding hydrogens is 96.1 g/mol. The van der Waals surface area contributed by atoms with Gasteiger partial charge in [-0.2, -0.15) is 0 Å². The molecule has 0 spiro atoms. The smallest absolute Gasteiger partial charge is 0.114 e. The van der Waals surface area contributed by atoms with Crippen molar-refractivity contribution >= 4 is 11.7 Å². The van der Waals surface area contributed by atoms with E-state index in [0.29, 0.717) is 11.7 Å². The average Bonchev–Trinajstić information content (AvgIpc) is 1.65. The van der Waals surface area contributed by atoms with Gasteiger partial charge in [0.25, 0.3) is 5.25 Å². The topological polar surface area (TPSA) is 17.1 Å². The molecule has 0 saturated carbocycles. The first kappa shape index (κ1) is 5.58. The zero-order valence-corrected chi connectivity index (χ0v) is 4.29. The molecule has 0 aliphatic rings.